The number of nitrogens with one attached hydrogen (secondary N) is 2. The number of hydrogen-bond donors (Lipinski definition) is 2. The molecule has 0 aliphatic heterocycles. The number of carbonyl (C=O) groups is 2. The molecule has 0 heterocycles. The first-order chi connectivity index (χ1) is 13.7. The van der Waals surface area contributed by atoms with Crippen LogP contribution in [0.25, 0.3) is 0 Å². The highest BCUT2D eigenvalue weighted by Gasteiger charge is 2.21. The van der Waals surface area contributed by atoms with Gasteiger partial charge < -0.3 is 15.4 Å². The van der Waals surface area contributed by atoms with E-state index in [1.165, 1.54) is 0 Å². The summed E-state index contributed by atoms with van der Waals surface area (Å²) in [5, 5.41) is 5.48. The topological polar surface area (TPSA) is 67.4 Å². The Bertz CT molecular complexity index is 887. The van der Waals surface area contributed by atoms with Crippen molar-refractivity contribution in [3.8, 4) is 5.75 Å². The average Bonchev–Trinajstić information content (AvgIpc) is 2.77. The van der Waals surface area contributed by atoms with Crippen molar-refractivity contribution < 1.29 is 14.3 Å². The first kappa shape index (κ1) is 19.2. The van der Waals surface area contributed by atoms with Crippen LogP contribution < -0.4 is 15.4 Å². The molecule has 0 bridgehead atoms. The van der Waals surface area contributed by atoms with Crippen molar-refractivity contribution in [2.45, 2.75) is 12.6 Å². The third kappa shape index (κ3) is 4.76. The summed E-state index contributed by atoms with van der Waals surface area (Å²) in [4.78, 5) is 24.9. The van der Waals surface area contributed by atoms with E-state index in [-0.39, 0.29) is 6.54 Å². The van der Waals surface area contributed by atoms with Gasteiger partial charge >= 0.3 is 11.8 Å². The predicted molar refractivity (Wildman–Crippen MR) is 108 cm³/mol. The van der Waals surface area contributed by atoms with Gasteiger partial charge in [0.15, 0.2) is 0 Å². The van der Waals surface area contributed by atoms with E-state index in [0.29, 0.717) is 5.75 Å². The van der Waals surface area contributed by atoms with E-state index in [9.17, 15) is 9.59 Å². The highest BCUT2D eigenvalue weighted by Crippen LogP contribution is 2.21. The van der Waals surface area contributed by atoms with Crippen molar-refractivity contribution in [3.63, 3.8) is 0 Å². The second-order valence-electron chi connectivity index (χ2n) is 6.22. The van der Waals surface area contributed by atoms with Gasteiger partial charge in [-0.15, -0.1) is 0 Å². The van der Waals surface area contributed by atoms with Gasteiger partial charge in [-0.25, -0.2) is 0 Å². The predicted octanol–water partition coefficient (Wildman–Crippen LogP) is 3.22. The highest BCUT2D eigenvalue weighted by molar-refractivity contribution is 6.35. The van der Waals surface area contributed by atoms with Crippen LogP contribution >= 0.6 is 0 Å². The quantitative estimate of drug-likeness (QED) is 0.651. The SMILES string of the molecule is COc1ccccc1CNC(=O)C(=O)NC(c1ccccc1)c1ccccc1. The van der Waals surface area contributed by atoms with Crippen molar-refractivity contribution in [2.24, 2.45) is 0 Å². The third-order valence-electron chi connectivity index (χ3n) is 4.38. The maximum Gasteiger partial charge on any atom is 0.310 e. The van der Waals surface area contributed by atoms with Crippen molar-refractivity contribution >= 4 is 11.8 Å². The molecule has 5 heteroatoms. The molecule has 0 saturated carbocycles. The molecule has 2 amide bonds. The first-order valence-electron chi connectivity index (χ1n) is 8.99. The van der Waals surface area contributed by atoms with Gasteiger partial charge in [0.2, 0.25) is 0 Å². The first-order valence-corrected chi connectivity index (χ1v) is 8.99. The van der Waals surface area contributed by atoms with Crippen LogP contribution in [-0.2, 0) is 16.1 Å². The number of methoxy groups -OCH3 is 1. The number of rotatable bonds is 6. The van der Waals surface area contributed by atoms with Gasteiger partial charge in [-0.2, -0.15) is 0 Å². The monoisotopic (exact) mass is 374 g/mol. The van der Waals surface area contributed by atoms with Gasteiger partial charge in [0.05, 0.1) is 13.2 Å². The van der Waals surface area contributed by atoms with Crippen molar-refractivity contribution in [1.82, 2.24) is 10.6 Å². The molecule has 5 nitrogen and oxygen atoms in total. The maximum absolute atomic E-state index is 12.5. The molecule has 0 atom stereocenters. The third-order valence-corrected chi connectivity index (χ3v) is 4.38. The number of benzene rings is 3. The van der Waals surface area contributed by atoms with E-state index in [1.54, 1.807) is 7.11 Å². The summed E-state index contributed by atoms with van der Waals surface area (Å²) in [6.45, 7) is 0.206. The summed E-state index contributed by atoms with van der Waals surface area (Å²) in [6.07, 6.45) is 0. The zero-order chi connectivity index (χ0) is 19.8. The molecule has 28 heavy (non-hydrogen) atoms. The number of hydrogen-bond acceptors (Lipinski definition) is 3. The molecule has 3 aromatic rings. The minimum atomic E-state index is -0.692. The van der Waals surface area contributed by atoms with E-state index in [1.807, 2.05) is 84.9 Å². The van der Waals surface area contributed by atoms with E-state index in [4.69, 9.17) is 4.74 Å². The Labute approximate surface area is 164 Å². The highest BCUT2D eigenvalue weighted by atomic mass is 16.5. The Balaban J connectivity index is 1.70. The Morgan fingerprint density at radius 3 is 1.89 bits per heavy atom. The molecule has 2 N–H and O–H groups in total. The van der Waals surface area contributed by atoms with E-state index < -0.39 is 17.9 Å². The lowest BCUT2D eigenvalue weighted by Gasteiger charge is -2.19. The van der Waals surface area contributed by atoms with Gasteiger partial charge in [-0.1, -0.05) is 78.9 Å². The fraction of sp³-hybridized carbons (Fsp3) is 0.130. The summed E-state index contributed by atoms with van der Waals surface area (Å²) < 4.78 is 5.27. The molecule has 0 unspecified atom stereocenters. The lowest BCUT2D eigenvalue weighted by atomic mass is 9.99. The zero-order valence-electron chi connectivity index (χ0n) is 15.6. The van der Waals surface area contributed by atoms with Crippen molar-refractivity contribution in [2.75, 3.05) is 7.11 Å². The molecule has 0 radical (unpaired) electrons. The summed E-state index contributed by atoms with van der Waals surface area (Å²) >= 11 is 0. The van der Waals surface area contributed by atoms with Crippen LogP contribution in [0.4, 0.5) is 0 Å². The summed E-state index contributed by atoms with van der Waals surface area (Å²) in [5.41, 5.74) is 2.60. The van der Waals surface area contributed by atoms with Gasteiger partial charge in [0, 0.05) is 12.1 Å². The molecular weight excluding hydrogens is 352 g/mol. The van der Waals surface area contributed by atoms with Crippen LogP contribution in [-0.4, -0.2) is 18.9 Å². The van der Waals surface area contributed by atoms with Crippen LogP contribution in [0, 0.1) is 0 Å². The minimum Gasteiger partial charge on any atom is -0.496 e. The normalized spacial score (nSPS) is 10.4. The van der Waals surface area contributed by atoms with Crippen LogP contribution in [0.3, 0.4) is 0 Å². The van der Waals surface area contributed by atoms with E-state index >= 15 is 0 Å². The molecule has 142 valence electrons. The van der Waals surface area contributed by atoms with Gasteiger partial charge in [0.25, 0.3) is 0 Å². The Morgan fingerprint density at radius 1 is 0.786 bits per heavy atom. The second-order valence-corrected chi connectivity index (χ2v) is 6.22. The molecule has 0 spiro atoms. The summed E-state index contributed by atoms with van der Waals surface area (Å²) in [5.74, 6) is -0.718. The second kappa shape index (κ2) is 9.37. The van der Waals surface area contributed by atoms with Crippen LogP contribution in [0.1, 0.15) is 22.7 Å². The molecule has 3 aromatic carbocycles. The zero-order valence-corrected chi connectivity index (χ0v) is 15.6. The molecule has 0 saturated heterocycles. The summed E-state index contributed by atoms with van der Waals surface area (Å²) in [6, 6.07) is 26.1. The Hall–Kier alpha value is -3.60. The van der Waals surface area contributed by atoms with Gasteiger partial charge in [-0.3, -0.25) is 9.59 Å². The van der Waals surface area contributed by atoms with E-state index in [0.717, 1.165) is 16.7 Å². The minimum absolute atomic E-state index is 0.206. The molecule has 0 aromatic heterocycles. The molecular formula is C23H22N2O3. The van der Waals surface area contributed by atoms with Gasteiger partial charge in [0.1, 0.15) is 5.75 Å². The summed E-state index contributed by atoms with van der Waals surface area (Å²) in [7, 11) is 1.57. The standard InChI is InChI=1S/C23H22N2O3/c1-28-20-15-9-8-14-19(20)16-24-22(26)23(27)25-21(17-10-4-2-5-11-17)18-12-6-3-7-13-18/h2-15,21H,16H2,1H3,(H,24,26)(H,25,27). The average molecular weight is 374 g/mol. The van der Waals surface area contributed by atoms with Crippen LogP contribution in [0.2, 0.25) is 0 Å². The lowest BCUT2D eigenvalue weighted by Crippen LogP contribution is -2.41. The number of amides is 2. The Kier molecular flexibility index (Phi) is 6.41. The molecule has 3 rings (SSSR count). The van der Waals surface area contributed by atoms with Crippen LogP contribution in [0.15, 0.2) is 84.9 Å². The van der Waals surface area contributed by atoms with Crippen molar-refractivity contribution in [1.29, 1.82) is 0 Å². The van der Waals surface area contributed by atoms with Crippen molar-refractivity contribution in [3.05, 3.63) is 102 Å². The molecule has 0 aliphatic rings. The lowest BCUT2D eigenvalue weighted by molar-refractivity contribution is -0.139. The number of carbonyl (C=O) groups excluding carboxylic acids is 2. The molecule has 0 aliphatic carbocycles. The van der Waals surface area contributed by atoms with E-state index in [2.05, 4.69) is 10.6 Å². The number of para-hydroxylation sites is 1. The maximum atomic E-state index is 12.5. The van der Waals surface area contributed by atoms with Gasteiger partial charge in [-0.05, 0) is 17.2 Å². The Morgan fingerprint density at radius 2 is 1.32 bits per heavy atom. The smallest absolute Gasteiger partial charge is 0.310 e. The molecule has 0 fully saturated rings. The largest absolute Gasteiger partial charge is 0.496 e. The van der Waals surface area contributed by atoms with Crippen LogP contribution in [0.5, 0.6) is 5.75 Å². The fourth-order valence-corrected chi connectivity index (χ4v) is 2.95. The number of ether oxygens (including phenoxy) is 1. The fourth-order valence-electron chi connectivity index (χ4n) is 2.95.